The summed E-state index contributed by atoms with van der Waals surface area (Å²) in [5.41, 5.74) is -2.47. The number of aliphatic carboxylic acids is 1. The van der Waals surface area contributed by atoms with Crippen molar-refractivity contribution in [3.63, 3.8) is 0 Å². The number of rotatable bonds is 5. The topological polar surface area (TPSA) is 130 Å². The first-order chi connectivity index (χ1) is 16.8. The molecule has 1 saturated heterocycles. The molecule has 5 aliphatic rings. The average molecular weight is 495 g/mol. The van der Waals surface area contributed by atoms with E-state index in [1.165, 1.54) is 13.0 Å². The van der Waals surface area contributed by atoms with Gasteiger partial charge in [0.25, 0.3) is 0 Å². The van der Waals surface area contributed by atoms with Crippen molar-refractivity contribution in [1.29, 1.82) is 0 Å². The Morgan fingerprint density at radius 3 is 2.47 bits per heavy atom. The van der Waals surface area contributed by atoms with Crippen LogP contribution in [-0.4, -0.2) is 49.7 Å². The molecule has 190 valence electrons. The quantitative estimate of drug-likeness (QED) is 0.413. The Morgan fingerprint density at radius 2 is 1.83 bits per heavy atom. The summed E-state index contributed by atoms with van der Waals surface area (Å²) in [6.07, 6.45) is 5.51. The minimum atomic E-state index is -1.63. The lowest BCUT2D eigenvalue weighted by atomic mass is 9.51. The van der Waals surface area contributed by atoms with Crippen LogP contribution in [0, 0.1) is 11.8 Å². The molecule has 2 aliphatic heterocycles. The number of benzene rings is 1. The molecule has 2 fully saturated rings. The molecule has 1 saturated carbocycles. The highest BCUT2D eigenvalue weighted by Crippen LogP contribution is 2.68. The molecule has 1 spiro atoms. The van der Waals surface area contributed by atoms with E-state index in [2.05, 4.69) is 0 Å². The third-order valence-corrected chi connectivity index (χ3v) is 8.18. The molecule has 1 aromatic rings. The standard InChI is InChI=1S/C28H30O8/c1-13(2)6-7-16-18(29)12-19(30)21-22(31)17-10-15-11-20-26(4,5)36-27(24(15)32,9-8-14(3)25(33)34)28(17,20)35-23(16)21/h6,8,10,12,15,20,29-30H,7,9,11H2,1-5H3,(H,33,34)/b14-8+/t15-,20+,27+,28-/m1/s1. The number of allylic oxidation sites excluding steroid dienone is 3. The van der Waals surface area contributed by atoms with Crippen LogP contribution in [0.2, 0.25) is 0 Å². The van der Waals surface area contributed by atoms with E-state index in [4.69, 9.17) is 9.47 Å². The summed E-state index contributed by atoms with van der Waals surface area (Å²) < 4.78 is 13.3. The maximum Gasteiger partial charge on any atom is 0.330 e. The predicted molar refractivity (Wildman–Crippen MR) is 129 cm³/mol. The second-order valence-corrected chi connectivity index (χ2v) is 11.0. The number of hydrogen-bond acceptors (Lipinski definition) is 7. The van der Waals surface area contributed by atoms with Crippen molar-refractivity contribution < 1.29 is 39.2 Å². The molecule has 8 nitrogen and oxygen atoms in total. The van der Waals surface area contributed by atoms with E-state index >= 15 is 0 Å². The molecule has 8 heteroatoms. The maximum absolute atomic E-state index is 14.0. The molecular formula is C28H30O8. The predicted octanol–water partition coefficient (Wildman–Crippen LogP) is 4.03. The fourth-order valence-corrected chi connectivity index (χ4v) is 6.52. The van der Waals surface area contributed by atoms with Gasteiger partial charge in [0.2, 0.25) is 0 Å². The van der Waals surface area contributed by atoms with Crippen LogP contribution in [-0.2, 0) is 20.7 Å². The fraction of sp³-hybridized carbons (Fsp3) is 0.464. The molecule has 36 heavy (non-hydrogen) atoms. The molecule has 3 aliphatic carbocycles. The Balaban J connectivity index is 1.79. The summed E-state index contributed by atoms with van der Waals surface area (Å²) in [4.78, 5) is 39.4. The number of carboxylic acid groups (broad SMARTS) is 1. The van der Waals surface area contributed by atoms with Crippen LogP contribution in [0.1, 0.15) is 63.4 Å². The van der Waals surface area contributed by atoms with Gasteiger partial charge >= 0.3 is 5.97 Å². The number of carboxylic acids is 1. The Bertz CT molecular complexity index is 1330. The van der Waals surface area contributed by atoms with Crippen LogP contribution in [0.25, 0.3) is 0 Å². The second-order valence-electron chi connectivity index (χ2n) is 11.0. The zero-order valence-corrected chi connectivity index (χ0v) is 21.0. The highest BCUT2D eigenvalue weighted by molar-refractivity contribution is 6.18. The van der Waals surface area contributed by atoms with Gasteiger partial charge in [0.15, 0.2) is 22.8 Å². The van der Waals surface area contributed by atoms with E-state index in [1.807, 2.05) is 33.8 Å². The van der Waals surface area contributed by atoms with E-state index in [-0.39, 0.29) is 46.8 Å². The summed E-state index contributed by atoms with van der Waals surface area (Å²) in [5.74, 6) is -3.43. The zero-order valence-electron chi connectivity index (χ0n) is 21.0. The number of aromatic hydroxyl groups is 2. The lowest BCUT2D eigenvalue weighted by Crippen LogP contribution is -2.72. The normalized spacial score (nSPS) is 31.4. The van der Waals surface area contributed by atoms with Crippen molar-refractivity contribution >= 4 is 17.5 Å². The summed E-state index contributed by atoms with van der Waals surface area (Å²) in [6, 6.07) is 1.14. The van der Waals surface area contributed by atoms with E-state index in [9.17, 15) is 29.7 Å². The van der Waals surface area contributed by atoms with Gasteiger partial charge in [-0.05, 0) is 47.5 Å². The van der Waals surface area contributed by atoms with Crippen LogP contribution in [0.5, 0.6) is 17.2 Å². The molecule has 1 aromatic carbocycles. The van der Waals surface area contributed by atoms with Gasteiger partial charge in [-0.15, -0.1) is 0 Å². The lowest BCUT2D eigenvalue weighted by Gasteiger charge is -2.56. The van der Waals surface area contributed by atoms with Crippen LogP contribution in [0.3, 0.4) is 0 Å². The number of carbonyl (C=O) groups is 3. The van der Waals surface area contributed by atoms with Crippen molar-refractivity contribution in [2.75, 3.05) is 0 Å². The zero-order chi connectivity index (χ0) is 26.4. The van der Waals surface area contributed by atoms with Crippen LogP contribution >= 0.6 is 0 Å². The van der Waals surface area contributed by atoms with Gasteiger partial charge in [0, 0.05) is 41.0 Å². The minimum absolute atomic E-state index is 0.0370. The monoisotopic (exact) mass is 494 g/mol. The van der Waals surface area contributed by atoms with Crippen LogP contribution in [0.15, 0.2) is 41.0 Å². The van der Waals surface area contributed by atoms with E-state index in [0.717, 1.165) is 11.6 Å². The van der Waals surface area contributed by atoms with E-state index < -0.39 is 46.1 Å². The van der Waals surface area contributed by atoms with Gasteiger partial charge in [-0.25, -0.2) is 4.79 Å². The largest absolute Gasteiger partial charge is 0.507 e. The highest BCUT2D eigenvalue weighted by Gasteiger charge is 2.81. The number of fused-ring (bicyclic) bond motifs is 1. The summed E-state index contributed by atoms with van der Waals surface area (Å²) in [5, 5.41) is 30.9. The van der Waals surface area contributed by atoms with Gasteiger partial charge in [-0.2, -0.15) is 0 Å². The van der Waals surface area contributed by atoms with E-state index in [1.54, 1.807) is 6.08 Å². The Kier molecular flexibility index (Phi) is 5.10. The first-order valence-corrected chi connectivity index (χ1v) is 12.1. The van der Waals surface area contributed by atoms with E-state index in [0.29, 0.717) is 12.0 Å². The smallest absolute Gasteiger partial charge is 0.330 e. The number of phenols is 2. The second kappa shape index (κ2) is 7.56. The molecule has 0 unspecified atom stereocenters. The summed E-state index contributed by atoms with van der Waals surface area (Å²) in [6.45, 7) is 8.94. The first-order valence-electron chi connectivity index (χ1n) is 12.1. The van der Waals surface area contributed by atoms with Crippen molar-refractivity contribution in [1.82, 2.24) is 0 Å². The lowest BCUT2D eigenvalue weighted by molar-refractivity contribution is -0.171. The number of Topliss-reactive ketones (excluding diaryl/α,β-unsaturated/α-hetero) is 2. The molecule has 4 atom stereocenters. The third-order valence-electron chi connectivity index (χ3n) is 8.18. The molecule has 4 bridgehead atoms. The molecule has 2 heterocycles. The first kappa shape index (κ1) is 24.3. The van der Waals surface area contributed by atoms with Gasteiger partial charge in [-0.3, -0.25) is 9.59 Å². The molecule has 6 rings (SSSR count). The Morgan fingerprint density at radius 1 is 1.14 bits per heavy atom. The summed E-state index contributed by atoms with van der Waals surface area (Å²) in [7, 11) is 0. The number of ketones is 2. The number of carbonyl (C=O) groups excluding carboxylic acids is 2. The highest BCUT2D eigenvalue weighted by atomic mass is 16.6. The number of ether oxygens (including phenoxy) is 2. The van der Waals surface area contributed by atoms with Crippen LogP contribution < -0.4 is 4.74 Å². The van der Waals surface area contributed by atoms with Crippen molar-refractivity contribution in [2.24, 2.45) is 11.8 Å². The Labute approximate surface area is 208 Å². The molecule has 0 amide bonds. The average Bonchev–Trinajstić information content (AvgIpc) is 2.94. The van der Waals surface area contributed by atoms with Crippen molar-refractivity contribution in [3.05, 3.63) is 52.1 Å². The fourth-order valence-electron chi connectivity index (χ4n) is 6.52. The van der Waals surface area contributed by atoms with Gasteiger partial charge in [-0.1, -0.05) is 23.8 Å². The molecule has 0 aromatic heterocycles. The molecular weight excluding hydrogens is 464 g/mol. The number of phenolic OH excluding ortho intramolecular Hbond substituents is 2. The maximum atomic E-state index is 14.0. The Hall–Kier alpha value is -3.39. The minimum Gasteiger partial charge on any atom is -0.507 e. The van der Waals surface area contributed by atoms with Gasteiger partial charge in [0.1, 0.15) is 22.8 Å². The van der Waals surface area contributed by atoms with Crippen LogP contribution in [0.4, 0.5) is 0 Å². The van der Waals surface area contributed by atoms with Gasteiger partial charge in [0.05, 0.1) is 5.60 Å². The number of hydrogen-bond donors (Lipinski definition) is 3. The molecule has 3 N–H and O–H groups in total. The molecule has 0 radical (unpaired) electrons. The SMILES string of the molecule is CC(C)=CCc1c(O)cc(O)c2c1O[C@]13C(=C[C@@H]4C[C@H]1C(C)(C)O[C@@]3(C/C=C(\C)C(=O)O)C4=O)C2=O. The van der Waals surface area contributed by atoms with Crippen molar-refractivity contribution in [2.45, 2.75) is 70.7 Å². The van der Waals surface area contributed by atoms with Gasteiger partial charge < -0.3 is 24.8 Å². The summed E-state index contributed by atoms with van der Waals surface area (Å²) >= 11 is 0. The third kappa shape index (κ3) is 2.94. The van der Waals surface area contributed by atoms with Crippen molar-refractivity contribution in [3.8, 4) is 17.2 Å².